The van der Waals surface area contributed by atoms with E-state index in [-0.39, 0.29) is 17.5 Å². The maximum Gasteiger partial charge on any atom is 0.391 e. The smallest absolute Gasteiger partial charge is 0.391 e. The monoisotopic (exact) mass is 338 g/mol. The van der Waals surface area contributed by atoms with Crippen molar-refractivity contribution in [3.63, 3.8) is 0 Å². The van der Waals surface area contributed by atoms with Crippen molar-refractivity contribution in [1.29, 1.82) is 0 Å². The molecule has 2 heterocycles. The summed E-state index contributed by atoms with van der Waals surface area (Å²) < 4.78 is 31.9. The predicted molar refractivity (Wildman–Crippen MR) is 83.9 cm³/mol. The fourth-order valence-electron chi connectivity index (χ4n) is 2.44. The van der Waals surface area contributed by atoms with Gasteiger partial charge < -0.3 is 18.8 Å². The van der Waals surface area contributed by atoms with Crippen molar-refractivity contribution in [2.45, 2.75) is 20.4 Å². The van der Waals surface area contributed by atoms with Gasteiger partial charge in [0.2, 0.25) is 5.50 Å². The van der Waals surface area contributed by atoms with E-state index in [0.29, 0.717) is 23.4 Å². The highest BCUT2D eigenvalue weighted by Crippen LogP contribution is 2.36. The van der Waals surface area contributed by atoms with E-state index in [2.05, 4.69) is 4.98 Å². The number of benzene rings is 1. The van der Waals surface area contributed by atoms with Crippen LogP contribution in [0.1, 0.15) is 13.8 Å². The summed E-state index contributed by atoms with van der Waals surface area (Å²) in [6.07, 6.45) is 0. The molecule has 3 rings (SSSR count). The molecule has 0 radical (unpaired) electrons. The van der Waals surface area contributed by atoms with E-state index >= 15 is 0 Å². The lowest BCUT2D eigenvalue weighted by molar-refractivity contribution is 0.377. The van der Waals surface area contributed by atoms with Gasteiger partial charge in [-0.1, -0.05) is 13.8 Å². The minimum absolute atomic E-state index is 0.237. The summed E-state index contributed by atoms with van der Waals surface area (Å²) in [7, 11) is -4.47. The molecule has 6 nitrogen and oxygen atoms in total. The van der Waals surface area contributed by atoms with Crippen molar-refractivity contribution in [2.24, 2.45) is 5.92 Å². The van der Waals surface area contributed by atoms with E-state index in [1.54, 1.807) is 10.6 Å². The Morgan fingerprint density at radius 3 is 2.65 bits per heavy atom. The standard InChI is InChI=1S/C15H16FN2O4P/c1-9(2)8-18-12-7-10(16)3-4-11(12)17-15(18)13-5-6-14(22-13)23(19,20)21/h3-7,9H,8H2,1-2H3,(H2,19,20,21). The molecule has 2 N–H and O–H groups in total. The molecule has 23 heavy (non-hydrogen) atoms. The summed E-state index contributed by atoms with van der Waals surface area (Å²) in [4.78, 5) is 22.8. The second-order valence-electron chi connectivity index (χ2n) is 5.75. The average molecular weight is 338 g/mol. The van der Waals surface area contributed by atoms with Crippen LogP contribution < -0.4 is 5.50 Å². The summed E-state index contributed by atoms with van der Waals surface area (Å²) >= 11 is 0. The highest BCUT2D eigenvalue weighted by molar-refractivity contribution is 7.59. The maximum atomic E-state index is 13.6. The van der Waals surface area contributed by atoms with Crippen LogP contribution in [0.5, 0.6) is 0 Å². The molecular formula is C15H16FN2O4P. The molecule has 0 unspecified atom stereocenters. The number of imidazole rings is 1. The number of halogens is 1. The lowest BCUT2D eigenvalue weighted by Crippen LogP contribution is -2.06. The Labute approximate surface area is 131 Å². The fraction of sp³-hybridized carbons (Fsp3) is 0.267. The molecule has 0 aliphatic carbocycles. The van der Waals surface area contributed by atoms with Crippen LogP contribution in [-0.2, 0) is 11.1 Å². The maximum absolute atomic E-state index is 13.6. The van der Waals surface area contributed by atoms with Crippen molar-refractivity contribution in [3.8, 4) is 11.6 Å². The molecule has 1 aromatic carbocycles. The molecule has 122 valence electrons. The van der Waals surface area contributed by atoms with Gasteiger partial charge in [-0.3, -0.25) is 4.57 Å². The van der Waals surface area contributed by atoms with Crippen LogP contribution in [0, 0.1) is 11.7 Å². The van der Waals surface area contributed by atoms with Crippen LogP contribution in [0.4, 0.5) is 4.39 Å². The van der Waals surface area contributed by atoms with Crippen molar-refractivity contribution in [2.75, 3.05) is 0 Å². The van der Waals surface area contributed by atoms with E-state index in [9.17, 15) is 18.7 Å². The van der Waals surface area contributed by atoms with Crippen molar-refractivity contribution < 1.29 is 23.2 Å². The number of hydrogen-bond donors (Lipinski definition) is 2. The predicted octanol–water partition coefficient (Wildman–Crippen LogP) is 2.89. The van der Waals surface area contributed by atoms with Crippen LogP contribution in [0.15, 0.2) is 34.7 Å². The first-order valence-electron chi connectivity index (χ1n) is 7.08. The van der Waals surface area contributed by atoms with Gasteiger partial charge in [0.15, 0.2) is 11.6 Å². The molecular weight excluding hydrogens is 322 g/mol. The first-order chi connectivity index (χ1) is 10.8. The number of hydrogen-bond acceptors (Lipinski definition) is 3. The van der Waals surface area contributed by atoms with Crippen LogP contribution in [0.25, 0.3) is 22.6 Å². The zero-order valence-corrected chi connectivity index (χ0v) is 13.5. The largest absolute Gasteiger partial charge is 0.445 e. The van der Waals surface area contributed by atoms with Crippen molar-refractivity contribution in [1.82, 2.24) is 9.55 Å². The number of fused-ring (bicyclic) bond motifs is 1. The molecule has 8 heteroatoms. The Morgan fingerprint density at radius 1 is 1.30 bits per heavy atom. The zero-order chi connectivity index (χ0) is 16.8. The molecule has 0 aliphatic rings. The molecule has 0 amide bonds. The molecule has 0 bridgehead atoms. The minimum Gasteiger partial charge on any atom is -0.445 e. The molecule has 0 atom stereocenters. The Morgan fingerprint density at radius 2 is 2.04 bits per heavy atom. The topological polar surface area (TPSA) is 88.5 Å². The zero-order valence-electron chi connectivity index (χ0n) is 12.6. The van der Waals surface area contributed by atoms with E-state index in [1.807, 2.05) is 13.8 Å². The number of nitrogens with zero attached hydrogens (tertiary/aromatic N) is 2. The second-order valence-corrected chi connectivity index (χ2v) is 7.28. The minimum atomic E-state index is -4.47. The lowest BCUT2D eigenvalue weighted by Gasteiger charge is -2.10. The van der Waals surface area contributed by atoms with E-state index < -0.39 is 13.1 Å². The third kappa shape index (κ3) is 3.08. The Hall–Kier alpha value is -1.95. The van der Waals surface area contributed by atoms with Gasteiger partial charge in [0, 0.05) is 6.54 Å². The molecule has 0 fully saturated rings. The van der Waals surface area contributed by atoms with Gasteiger partial charge >= 0.3 is 7.60 Å². The van der Waals surface area contributed by atoms with Crippen molar-refractivity contribution in [3.05, 3.63) is 36.1 Å². The summed E-state index contributed by atoms with van der Waals surface area (Å²) in [6, 6.07) is 6.97. The second kappa shape index (κ2) is 5.60. The summed E-state index contributed by atoms with van der Waals surface area (Å²) in [5.41, 5.74) is 0.792. The third-order valence-corrected chi connectivity index (χ3v) is 4.17. The van der Waals surface area contributed by atoms with Gasteiger partial charge in [-0.2, -0.15) is 0 Å². The van der Waals surface area contributed by atoms with Gasteiger partial charge in [0.05, 0.1) is 11.0 Å². The highest BCUT2D eigenvalue weighted by Gasteiger charge is 2.24. The quantitative estimate of drug-likeness (QED) is 0.714. The van der Waals surface area contributed by atoms with Gasteiger partial charge in [0.1, 0.15) is 5.82 Å². The van der Waals surface area contributed by atoms with E-state index in [4.69, 9.17) is 4.42 Å². The molecule has 0 saturated carbocycles. The molecule has 2 aromatic heterocycles. The fourth-order valence-corrected chi connectivity index (χ4v) is 2.92. The summed E-state index contributed by atoms with van der Waals surface area (Å²) in [6.45, 7) is 4.59. The van der Waals surface area contributed by atoms with Gasteiger partial charge in [0.25, 0.3) is 0 Å². The van der Waals surface area contributed by atoms with Gasteiger partial charge in [-0.25, -0.2) is 9.37 Å². The van der Waals surface area contributed by atoms with Gasteiger partial charge in [-0.15, -0.1) is 0 Å². The van der Waals surface area contributed by atoms with Crippen LogP contribution in [0.3, 0.4) is 0 Å². The third-order valence-electron chi connectivity index (χ3n) is 3.36. The summed E-state index contributed by atoms with van der Waals surface area (Å²) in [5.74, 6) is 0.550. The van der Waals surface area contributed by atoms with E-state index in [1.165, 1.54) is 24.3 Å². The SMILES string of the molecule is CC(C)Cn1c(-c2ccc(P(=O)(O)O)o2)nc2ccc(F)cc21. The normalized spacial score (nSPS) is 12.4. The Balaban J connectivity index is 2.20. The molecule has 0 spiro atoms. The molecule has 0 aliphatic heterocycles. The molecule has 0 saturated heterocycles. The van der Waals surface area contributed by atoms with Gasteiger partial charge in [-0.05, 0) is 36.2 Å². The van der Waals surface area contributed by atoms with Crippen LogP contribution in [0.2, 0.25) is 0 Å². The Kier molecular flexibility index (Phi) is 3.88. The molecule has 3 aromatic rings. The average Bonchev–Trinajstić information content (AvgIpc) is 3.03. The number of rotatable bonds is 4. The first kappa shape index (κ1) is 15.9. The highest BCUT2D eigenvalue weighted by atomic mass is 31.2. The lowest BCUT2D eigenvalue weighted by atomic mass is 10.2. The number of aromatic nitrogens is 2. The first-order valence-corrected chi connectivity index (χ1v) is 8.69. The number of furan rings is 1. The summed E-state index contributed by atoms with van der Waals surface area (Å²) in [5, 5.41) is 0. The Bertz CT molecular complexity index is 909. The van der Waals surface area contributed by atoms with Crippen LogP contribution >= 0.6 is 7.60 Å². The van der Waals surface area contributed by atoms with E-state index in [0.717, 1.165) is 0 Å². The van der Waals surface area contributed by atoms with Crippen molar-refractivity contribution >= 4 is 24.1 Å². The van der Waals surface area contributed by atoms with Crippen LogP contribution in [-0.4, -0.2) is 19.3 Å².